The van der Waals surface area contributed by atoms with Crippen molar-refractivity contribution in [2.45, 2.75) is 5.88 Å². The first-order chi connectivity index (χ1) is 7.13. The van der Waals surface area contributed by atoms with Crippen LogP contribution in [0.25, 0.3) is 0 Å². The van der Waals surface area contributed by atoms with Gasteiger partial charge in [0, 0.05) is 5.88 Å². The van der Waals surface area contributed by atoms with Crippen molar-refractivity contribution in [2.24, 2.45) is 0 Å². The monoisotopic (exact) mass is 243 g/mol. The van der Waals surface area contributed by atoms with E-state index in [9.17, 15) is 4.79 Å². The Morgan fingerprint density at radius 1 is 1.60 bits per heavy atom. The van der Waals surface area contributed by atoms with Gasteiger partial charge in [0.05, 0.1) is 23.3 Å². The van der Waals surface area contributed by atoms with Gasteiger partial charge in [-0.15, -0.1) is 11.6 Å². The molecule has 1 aromatic rings. The van der Waals surface area contributed by atoms with Crippen molar-refractivity contribution in [2.75, 3.05) is 7.11 Å². The van der Waals surface area contributed by atoms with E-state index in [2.05, 4.69) is 4.74 Å². The first-order valence-electron chi connectivity index (χ1n) is 4.00. The molecule has 0 aliphatic carbocycles. The van der Waals surface area contributed by atoms with E-state index in [1.807, 2.05) is 6.07 Å². The van der Waals surface area contributed by atoms with E-state index in [1.165, 1.54) is 13.2 Å². The molecule has 0 spiro atoms. The number of nitrogens with zero attached hydrogens (tertiary/aromatic N) is 1. The number of halogens is 2. The van der Waals surface area contributed by atoms with Crippen molar-refractivity contribution in [3.05, 3.63) is 33.8 Å². The van der Waals surface area contributed by atoms with E-state index in [4.69, 9.17) is 28.5 Å². The van der Waals surface area contributed by atoms with Crippen molar-refractivity contribution < 1.29 is 9.53 Å². The Morgan fingerprint density at radius 3 is 2.73 bits per heavy atom. The number of hydrogen-bond acceptors (Lipinski definition) is 3. The Bertz CT molecular complexity index is 438. The largest absolute Gasteiger partial charge is 0.465 e. The predicted molar refractivity (Wildman–Crippen MR) is 57.1 cm³/mol. The Kier molecular flexibility index (Phi) is 3.96. The zero-order chi connectivity index (χ0) is 11.4. The third-order valence-electron chi connectivity index (χ3n) is 1.81. The highest BCUT2D eigenvalue weighted by molar-refractivity contribution is 6.34. The van der Waals surface area contributed by atoms with Gasteiger partial charge in [-0.3, -0.25) is 0 Å². The third-order valence-corrected chi connectivity index (χ3v) is 2.53. The SMILES string of the molecule is COC(=O)c1cc(CCl)cc(C#N)c1Cl. The van der Waals surface area contributed by atoms with Gasteiger partial charge in [-0.05, 0) is 17.7 Å². The molecule has 0 saturated carbocycles. The molecule has 0 atom stereocenters. The summed E-state index contributed by atoms with van der Waals surface area (Å²) < 4.78 is 4.54. The molecule has 78 valence electrons. The van der Waals surface area contributed by atoms with Crippen LogP contribution in [0.4, 0.5) is 0 Å². The minimum atomic E-state index is -0.580. The Balaban J connectivity index is 3.38. The number of hydrogen-bond donors (Lipinski definition) is 0. The van der Waals surface area contributed by atoms with Gasteiger partial charge in [-0.25, -0.2) is 4.79 Å². The maximum atomic E-state index is 11.3. The van der Waals surface area contributed by atoms with Crippen LogP contribution >= 0.6 is 23.2 Å². The maximum absolute atomic E-state index is 11.3. The standard InChI is InChI=1S/C10H7Cl2NO2/c1-15-10(14)8-3-6(4-11)2-7(5-13)9(8)12/h2-3H,4H2,1H3. The lowest BCUT2D eigenvalue weighted by Gasteiger charge is -2.05. The number of rotatable bonds is 2. The summed E-state index contributed by atoms with van der Waals surface area (Å²) in [5, 5.41) is 8.88. The molecule has 1 aromatic carbocycles. The summed E-state index contributed by atoms with van der Waals surface area (Å²) in [6, 6.07) is 4.95. The number of nitriles is 1. The molecule has 0 bridgehead atoms. The van der Waals surface area contributed by atoms with Crippen molar-refractivity contribution >= 4 is 29.2 Å². The van der Waals surface area contributed by atoms with Gasteiger partial charge < -0.3 is 4.74 Å². The van der Waals surface area contributed by atoms with Gasteiger partial charge in [0.2, 0.25) is 0 Å². The average Bonchev–Trinajstić information content (AvgIpc) is 2.28. The molecule has 5 heteroatoms. The lowest BCUT2D eigenvalue weighted by Crippen LogP contribution is -2.04. The minimum Gasteiger partial charge on any atom is -0.465 e. The van der Waals surface area contributed by atoms with Crippen LogP contribution in [-0.4, -0.2) is 13.1 Å². The molecule has 0 N–H and O–H groups in total. The number of alkyl halides is 1. The van der Waals surface area contributed by atoms with Crippen LogP contribution in [0.3, 0.4) is 0 Å². The molecule has 0 aliphatic rings. The van der Waals surface area contributed by atoms with Crippen molar-refractivity contribution in [1.82, 2.24) is 0 Å². The number of carbonyl (C=O) groups is 1. The van der Waals surface area contributed by atoms with Crippen LogP contribution in [-0.2, 0) is 10.6 Å². The fraction of sp³-hybridized carbons (Fsp3) is 0.200. The number of methoxy groups -OCH3 is 1. The normalized spacial score (nSPS) is 9.47. The molecule has 0 amide bonds. The molecule has 0 heterocycles. The first-order valence-corrected chi connectivity index (χ1v) is 4.92. The average molecular weight is 244 g/mol. The lowest BCUT2D eigenvalue weighted by atomic mass is 10.1. The van der Waals surface area contributed by atoms with E-state index < -0.39 is 5.97 Å². The summed E-state index contributed by atoms with van der Waals surface area (Å²) in [5.74, 6) is -0.376. The molecule has 15 heavy (non-hydrogen) atoms. The third kappa shape index (κ3) is 2.41. The summed E-state index contributed by atoms with van der Waals surface area (Å²) in [6.45, 7) is 0. The Labute approximate surface area is 97.2 Å². The second-order valence-electron chi connectivity index (χ2n) is 2.74. The molecule has 0 saturated heterocycles. The second-order valence-corrected chi connectivity index (χ2v) is 3.39. The molecular weight excluding hydrogens is 237 g/mol. The van der Waals surface area contributed by atoms with E-state index in [-0.39, 0.29) is 22.0 Å². The number of ether oxygens (including phenoxy) is 1. The van der Waals surface area contributed by atoms with Crippen molar-refractivity contribution in [3.63, 3.8) is 0 Å². The smallest absolute Gasteiger partial charge is 0.339 e. The quantitative estimate of drug-likeness (QED) is 0.593. The highest BCUT2D eigenvalue weighted by atomic mass is 35.5. The predicted octanol–water partition coefficient (Wildman–Crippen LogP) is 2.74. The molecule has 0 aliphatic heterocycles. The molecule has 0 fully saturated rings. The van der Waals surface area contributed by atoms with Crippen molar-refractivity contribution in [1.29, 1.82) is 5.26 Å². The van der Waals surface area contributed by atoms with Crippen LogP contribution in [0.5, 0.6) is 0 Å². The highest BCUT2D eigenvalue weighted by Crippen LogP contribution is 2.24. The summed E-state index contributed by atoms with van der Waals surface area (Å²) in [4.78, 5) is 11.3. The zero-order valence-corrected chi connectivity index (χ0v) is 9.39. The van der Waals surface area contributed by atoms with Gasteiger partial charge in [-0.1, -0.05) is 11.6 Å². The fourth-order valence-corrected chi connectivity index (χ4v) is 1.48. The summed E-state index contributed by atoms with van der Waals surface area (Å²) in [7, 11) is 1.25. The van der Waals surface area contributed by atoms with E-state index in [0.717, 1.165) is 0 Å². The van der Waals surface area contributed by atoms with E-state index in [1.54, 1.807) is 6.07 Å². The van der Waals surface area contributed by atoms with Gasteiger partial charge in [0.15, 0.2) is 0 Å². The molecule has 0 unspecified atom stereocenters. The van der Waals surface area contributed by atoms with E-state index >= 15 is 0 Å². The molecule has 3 nitrogen and oxygen atoms in total. The first kappa shape index (κ1) is 11.8. The van der Waals surface area contributed by atoms with Crippen LogP contribution < -0.4 is 0 Å². The summed E-state index contributed by atoms with van der Waals surface area (Å²) in [6.07, 6.45) is 0. The van der Waals surface area contributed by atoms with Gasteiger partial charge >= 0.3 is 5.97 Å². The van der Waals surface area contributed by atoms with Gasteiger partial charge in [0.1, 0.15) is 6.07 Å². The summed E-state index contributed by atoms with van der Waals surface area (Å²) >= 11 is 11.5. The van der Waals surface area contributed by atoms with E-state index in [0.29, 0.717) is 5.56 Å². The lowest BCUT2D eigenvalue weighted by molar-refractivity contribution is 0.0601. The van der Waals surface area contributed by atoms with Crippen LogP contribution in [0.15, 0.2) is 12.1 Å². The van der Waals surface area contributed by atoms with Gasteiger partial charge in [0.25, 0.3) is 0 Å². The molecular formula is C10H7Cl2NO2. The summed E-state index contributed by atoms with van der Waals surface area (Å²) in [5.41, 5.74) is 1.03. The zero-order valence-electron chi connectivity index (χ0n) is 7.88. The maximum Gasteiger partial charge on any atom is 0.339 e. The Hall–Kier alpha value is -1.24. The number of benzene rings is 1. The van der Waals surface area contributed by atoms with Gasteiger partial charge in [-0.2, -0.15) is 5.26 Å². The molecule has 1 rings (SSSR count). The number of carbonyl (C=O) groups excluding carboxylic acids is 1. The van der Waals surface area contributed by atoms with Crippen LogP contribution in [0.1, 0.15) is 21.5 Å². The van der Waals surface area contributed by atoms with Crippen LogP contribution in [0.2, 0.25) is 5.02 Å². The topological polar surface area (TPSA) is 50.1 Å². The Morgan fingerprint density at radius 2 is 2.27 bits per heavy atom. The number of esters is 1. The molecule has 0 radical (unpaired) electrons. The van der Waals surface area contributed by atoms with Crippen LogP contribution in [0, 0.1) is 11.3 Å². The minimum absolute atomic E-state index is 0.0956. The second kappa shape index (κ2) is 5.01. The highest BCUT2D eigenvalue weighted by Gasteiger charge is 2.15. The van der Waals surface area contributed by atoms with Crippen molar-refractivity contribution in [3.8, 4) is 6.07 Å². The fourth-order valence-electron chi connectivity index (χ4n) is 1.10. The molecule has 0 aromatic heterocycles.